The van der Waals surface area contributed by atoms with Crippen molar-refractivity contribution in [2.75, 3.05) is 0 Å². The Labute approximate surface area is 139 Å². The van der Waals surface area contributed by atoms with Gasteiger partial charge < -0.3 is 10.6 Å². The van der Waals surface area contributed by atoms with E-state index in [0.717, 1.165) is 11.5 Å². The molecule has 0 amide bonds. The van der Waals surface area contributed by atoms with Gasteiger partial charge in [-0.2, -0.15) is 0 Å². The van der Waals surface area contributed by atoms with Crippen LogP contribution in [0.5, 0.6) is 0 Å². The molecule has 1 saturated heterocycles. The molecule has 2 atom stereocenters. The minimum Gasteiger partial charge on any atom is -0.383 e. The van der Waals surface area contributed by atoms with Gasteiger partial charge in [0.25, 0.3) is 0 Å². The molecule has 2 aliphatic heterocycles. The highest BCUT2D eigenvalue weighted by Crippen LogP contribution is 2.37. The van der Waals surface area contributed by atoms with Gasteiger partial charge in [-0.15, -0.1) is 0 Å². The van der Waals surface area contributed by atoms with E-state index < -0.39 is 0 Å². The van der Waals surface area contributed by atoms with E-state index in [1.807, 2.05) is 18.0 Å². The Balaban J connectivity index is 1.78. The number of aliphatic imine (C=N–C) groups is 1. The third-order valence-electron chi connectivity index (χ3n) is 5.13. The predicted octanol–water partition coefficient (Wildman–Crippen LogP) is 4.39. The molecule has 3 nitrogen and oxygen atoms in total. The van der Waals surface area contributed by atoms with Crippen LogP contribution in [0.15, 0.2) is 28.7 Å². The van der Waals surface area contributed by atoms with Crippen molar-refractivity contribution in [3.8, 4) is 0 Å². The van der Waals surface area contributed by atoms with Gasteiger partial charge in [-0.05, 0) is 37.5 Å². The maximum Gasteiger partial charge on any atom is 0.123 e. The summed E-state index contributed by atoms with van der Waals surface area (Å²) in [7, 11) is 0. The van der Waals surface area contributed by atoms with Crippen LogP contribution in [0.3, 0.4) is 0 Å². The first-order valence-corrected chi connectivity index (χ1v) is 9.55. The van der Waals surface area contributed by atoms with Crippen molar-refractivity contribution in [2.45, 2.75) is 71.2 Å². The van der Waals surface area contributed by atoms with E-state index in [4.69, 9.17) is 0 Å². The first-order valence-electron chi connectivity index (χ1n) is 8.67. The number of thioether (sulfide) groups is 1. The van der Waals surface area contributed by atoms with Crippen molar-refractivity contribution in [3.63, 3.8) is 0 Å². The fourth-order valence-electron chi connectivity index (χ4n) is 3.45. The molecule has 122 valence electrons. The highest BCUT2D eigenvalue weighted by molar-refractivity contribution is 8.15. The van der Waals surface area contributed by atoms with Gasteiger partial charge in [0.15, 0.2) is 0 Å². The molecule has 2 heterocycles. The lowest BCUT2D eigenvalue weighted by atomic mass is 9.75. The first kappa shape index (κ1) is 16.0. The number of fused-ring (bicyclic) bond motifs is 1. The molecule has 1 saturated carbocycles. The van der Waals surface area contributed by atoms with Crippen LogP contribution < -0.4 is 10.6 Å². The molecule has 0 bridgehead atoms. The normalized spacial score (nSPS) is 31.4. The predicted molar refractivity (Wildman–Crippen MR) is 96.7 cm³/mol. The van der Waals surface area contributed by atoms with Crippen molar-refractivity contribution in [1.82, 2.24) is 10.6 Å². The SMILES string of the molecule is CCC1NC2=C(NC3CCC(C)(C)CC3)C(C)C=CN=C2S1. The molecule has 2 unspecified atom stereocenters. The van der Waals surface area contributed by atoms with Gasteiger partial charge in [-0.25, -0.2) is 4.99 Å². The van der Waals surface area contributed by atoms with Gasteiger partial charge in [0.2, 0.25) is 0 Å². The second-order valence-electron chi connectivity index (χ2n) is 7.60. The highest BCUT2D eigenvalue weighted by atomic mass is 32.2. The standard InChI is InChI=1S/C18H29N3S/c1-5-14-21-16-15(12(2)8-11-19-17(16)22-14)20-13-6-9-18(3,4)10-7-13/h8,11-14,20-21H,5-7,9-10H2,1-4H3. The quantitative estimate of drug-likeness (QED) is 0.810. The largest absolute Gasteiger partial charge is 0.383 e. The van der Waals surface area contributed by atoms with E-state index in [9.17, 15) is 0 Å². The average Bonchev–Trinajstić information content (AvgIpc) is 2.83. The van der Waals surface area contributed by atoms with Crippen LogP contribution >= 0.6 is 11.8 Å². The van der Waals surface area contributed by atoms with Gasteiger partial charge in [-0.3, -0.25) is 0 Å². The summed E-state index contributed by atoms with van der Waals surface area (Å²) in [6.07, 6.45) is 10.5. The fraction of sp³-hybridized carbons (Fsp3) is 0.722. The Morgan fingerprint density at radius 3 is 2.77 bits per heavy atom. The number of hydrogen-bond donors (Lipinski definition) is 2. The summed E-state index contributed by atoms with van der Waals surface area (Å²) in [6, 6.07) is 0.609. The Hall–Kier alpha value is -0.900. The van der Waals surface area contributed by atoms with E-state index >= 15 is 0 Å². The summed E-state index contributed by atoms with van der Waals surface area (Å²) in [5.41, 5.74) is 3.12. The van der Waals surface area contributed by atoms with Crippen LogP contribution in [-0.4, -0.2) is 16.5 Å². The van der Waals surface area contributed by atoms with Crippen LogP contribution in [0.25, 0.3) is 0 Å². The molecule has 0 aromatic rings. The summed E-state index contributed by atoms with van der Waals surface area (Å²) < 4.78 is 0. The zero-order chi connectivity index (χ0) is 15.7. The van der Waals surface area contributed by atoms with Crippen LogP contribution in [0.4, 0.5) is 0 Å². The molecular formula is C18H29N3S. The summed E-state index contributed by atoms with van der Waals surface area (Å²) in [5, 5.41) is 9.18. The lowest BCUT2D eigenvalue weighted by molar-refractivity contribution is 0.211. The third kappa shape index (κ3) is 3.37. The lowest BCUT2D eigenvalue weighted by Crippen LogP contribution is -2.38. The van der Waals surface area contributed by atoms with Crippen molar-refractivity contribution < 1.29 is 0 Å². The summed E-state index contributed by atoms with van der Waals surface area (Å²) in [5.74, 6) is 0.398. The summed E-state index contributed by atoms with van der Waals surface area (Å²) in [6.45, 7) is 9.29. The smallest absolute Gasteiger partial charge is 0.123 e. The zero-order valence-electron chi connectivity index (χ0n) is 14.3. The van der Waals surface area contributed by atoms with Crippen molar-refractivity contribution in [3.05, 3.63) is 23.7 Å². The minimum absolute atomic E-state index is 0.398. The van der Waals surface area contributed by atoms with Crippen molar-refractivity contribution >= 4 is 16.8 Å². The molecule has 3 aliphatic rings. The lowest BCUT2D eigenvalue weighted by Gasteiger charge is -2.36. The molecule has 22 heavy (non-hydrogen) atoms. The van der Waals surface area contributed by atoms with Gasteiger partial charge in [0.1, 0.15) is 5.04 Å². The monoisotopic (exact) mass is 319 g/mol. The fourth-order valence-corrected chi connectivity index (χ4v) is 4.47. The Morgan fingerprint density at radius 2 is 2.09 bits per heavy atom. The van der Waals surface area contributed by atoms with Crippen LogP contribution in [-0.2, 0) is 0 Å². The van der Waals surface area contributed by atoms with Gasteiger partial charge in [-0.1, -0.05) is 45.5 Å². The molecule has 0 aromatic heterocycles. The molecule has 2 N–H and O–H groups in total. The summed E-state index contributed by atoms with van der Waals surface area (Å²) >= 11 is 1.87. The molecule has 1 aliphatic carbocycles. The molecule has 3 rings (SSSR count). The van der Waals surface area contributed by atoms with Crippen LogP contribution in [0.1, 0.15) is 59.8 Å². The molecular weight excluding hydrogens is 290 g/mol. The van der Waals surface area contributed by atoms with E-state index in [-0.39, 0.29) is 0 Å². The van der Waals surface area contributed by atoms with Crippen molar-refractivity contribution in [1.29, 1.82) is 0 Å². The third-order valence-corrected chi connectivity index (χ3v) is 6.40. The van der Waals surface area contributed by atoms with Crippen LogP contribution in [0.2, 0.25) is 0 Å². The Morgan fingerprint density at radius 1 is 1.36 bits per heavy atom. The van der Waals surface area contributed by atoms with Crippen molar-refractivity contribution in [2.24, 2.45) is 16.3 Å². The Bertz CT molecular complexity index is 508. The van der Waals surface area contributed by atoms with Gasteiger partial charge >= 0.3 is 0 Å². The maximum atomic E-state index is 4.64. The second kappa shape index (κ2) is 6.31. The summed E-state index contributed by atoms with van der Waals surface area (Å²) in [4.78, 5) is 4.64. The van der Waals surface area contributed by atoms with E-state index in [1.165, 1.54) is 37.1 Å². The number of nitrogens with one attached hydrogen (secondary N) is 2. The van der Waals surface area contributed by atoms with E-state index in [1.54, 1.807) is 0 Å². The maximum absolute atomic E-state index is 4.64. The second-order valence-corrected chi connectivity index (χ2v) is 8.79. The number of nitrogens with zero attached hydrogens (tertiary/aromatic N) is 1. The highest BCUT2D eigenvalue weighted by Gasteiger charge is 2.32. The Kier molecular flexibility index (Phi) is 4.58. The minimum atomic E-state index is 0.398. The number of rotatable bonds is 3. The van der Waals surface area contributed by atoms with Crippen LogP contribution in [0, 0.1) is 11.3 Å². The molecule has 2 fully saturated rings. The topological polar surface area (TPSA) is 36.4 Å². The molecule has 0 spiro atoms. The number of allylic oxidation sites excluding steroid dienone is 1. The van der Waals surface area contributed by atoms with E-state index in [2.05, 4.69) is 49.4 Å². The van der Waals surface area contributed by atoms with Gasteiger partial charge in [0.05, 0.1) is 11.1 Å². The molecule has 4 heteroatoms. The molecule has 0 aromatic carbocycles. The van der Waals surface area contributed by atoms with Gasteiger partial charge in [0, 0.05) is 23.9 Å². The first-order chi connectivity index (χ1) is 10.5. The average molecular weight is 320 g/mol. The molecule has 0 radical (unpaired) electrons. The zero-order valence-corrected chi connectivity index (χ0v) is 15.1. The number of hydrogen-bond acceptors (Lipinski definition) is 4. The van der Waals surface area contributed by atoms with E-state index in [0.29, 0.717) is 22.7 Å².